The van der Waals surface area contributed by atoms with Gasteiger partial charge in [0, 0.05) is 15.6 Å². The second-order valence-electron chi connectivity index (χ2n) is 10.1. The third kappa shape index (κ3) is 6.58. The standard InChI is InChI=1S/C35H25BrFIN2O4S/c1-2-43-34(42)29-30(22-11-7-4-8-12-22)39-35-40(31(29)23-13-15-26(37)16-14-23)33(41)28(45-35)18-24-17-25(36)19-27(38)32(24)44-20-21-9-5-3-6-10-21/h3-19,31H,2,20H2,1H3/b28-18-/t31-/m1/s1. The SMILES string of the molecule is CCOC(=O)C1=C(c2ccccc2)N=c2s/c(=C\c3cc(Br)cc(I)c3OCc3ccccc3)c(=O)n2[C@@H]1c1ccc(F)cc1. The Morgan fingerprint density at radius 2 is 1.73 bits per heavy atom. The molecule has 6 nitrogen and oxygen atoms in total. The number of hydrogen-bond acceptors (Lipinski definition) is 6. The molecule has 6 rings (SSSR count). The molecule has 1 aliphatic rings. The normalized spacial score (nSPS) is 14.6. The number of fused-ring (bicyclic) bond motifs is 1. The summed E-state index contributed by atoms with van der Waals surface area (Å²) in [5.74, 6) is -0.383. The molecule has 0 N–H and O–H groups in total. The van der Waals surface area contributed by atoms with Gasteiger partial charge < -0.3 is 9.47 Å². The maximum absolute atomic E-state index is 14.3. The summed E-state index contributed by atoms with van der Waals surface area (Å²) in [5.41, 5.74) is 3.24. The summed E-state index contributed by atoms with van der Waals surface area (Å²) in [6.07, 6.45) is 1.79. The zero-order chi connectivity index (χ0) is 31.5. The van der Waals surface area contributed by atoms with Crippen molar-refractivity contribution >= 4 is 67.6 Å². The van der Waals surface area contributed by atoms with Crippen LogP contribution in [0, 0.1) is 9.39 Å². The summed E-state index contributed by atoms with van der Waals surface area (Å²) < 4.78 is 29.4. The molecule has 4 aromatic carbocycles. The highest BCUT2D eigenvalue weighted by atomic mass is 127. The molecule has 2 heterocycles. The third-order valence-electron chi connectivity index (χ3n) is 7.11. The average molecular weight is 795 g/mol. The Bertz CT molecular complexity index is 2100. The van der Waals surface area contributed by atoms with Crippen molar-refractivity contribution < 1.29 is 18.7 Å². The number of esters is 1. The van der Waals surface area contributed by atoms with E-state index in [2.05, 4.69) is 38.5 Å². The fourth-order valence-electron chi connectivity index (χ4n) is 5.11. The first-order valence-electron chi connectivity index (χ1n) is 14.0. The van der Waals surface area contributed by atoms with Crippen LogP contribution >= 0.6 is 49.9 Å². The van der Waals surface area contributed by atoms with Gasteiger partial charge in [-0.05, 0) is 71.0 Å². The first kappa shape index (κ1) is 31.1. The molecule has 45 heavy (non-hydrogen) atoms. The van der Waals surface area contributed by atoms with Gasteiger partial charge in [-0.1, -0.05) is 100 Å². The molecule has 1 aliphatic heterocycles. The number of aromatic nitrogens is 1. The summed E-state index contributed by atoms with van der Waals surface area (Å²) in [7, 11) is 0. The maximum atomic E-state index is 14.3. The third-order valence-corrected chi connectivity index (χ3v) is 9.35. The molecule has 0 spiro atoms. The van der Waals surface area contributed by atoms with Gasteiger partial charge >= 0.3 is 5.97 Å². The monoisotopic (exact) mass is 794 g/mol. The molecule has 0 amide bonds. The Hall–Kier alpha value is -3.87. The Morgan fingerprint density at radius 3 is 2.42 bits per heavy atom. The van der Waals surface area contributed by atoms with Crippen molar-refractivity contribution in [2.45, 2.75) is 19.6 Å². The van der Waals surface area contributed by atoms with Crippen LogP contribution in [0.3, 0.4) is 0 Å². The molecule has 10 heteroatoms. The van der Waals surface area contributed by atoms with Gasteiger partial charge in [0.25, 0.3) is 5.56 Å². The summed E-state index contributed by atoms with van der Waals surface area (Å²) in [6.45, 7) is 2.21. The van der Waals surface area contributed by atoms with Gasteiger partial charge in [0.2, 0.25) is 0 Å². The maximum Gasteiger partial charge on any atom is 0.338 e. The van der Waals surface area contributed by atoms with Crippen LogP contribution in [0.1, 0.15) is 35.2 Å². The predicted octanol–water partition coefficient (Wildman–Crippen LogP) is 7.02. The number of hydrogen-bond donors (Lipinski definition) is 0. The Morgan fingerprint density at radius 1 is 1.04 bits per heavy atom. The van der Waals surface area contributed by atoms with Gasteiger partial charge in [0.15, 0.2) is 4.80 Å². The quantitative estimate of drug-likeness (QED) is 0.125. The number of halogens is 3. The van der Waals surface area contributed by atoms with Crippen molar-refractivity contribution in [1.29, 1.82) is 0 Å². The Kier molecular flexibility index (Phi) is 9.43. The lowest BCUT2D eigenvalue weighted by Gasteiger charge is -2.25. The van der Waals surface area contributed by atoms with E-state index in [4.69, 9.17) is 14.5 Å². The van der Waals surface area contributed by atoms with Gasteiger partial charge in [0.05, 0.1) is 32.0 Å². The average Bonchev–Trinajstić information content (AvgIpc) is 3.35. The number of thiazole rings is 1. The number of carbonyl (C=O) groups is 1. The number of carbonyl (C=O) groups excluding carboxylic acids is 1. The van der Waals surface area contributed by atoms with Crippen molar-refractivity contribution in [2.75, 3.05) is 6.61 Å². The number of nitrogens with zero attached hydrogens (tertiary/aromatic N) is 2. The molecule has 1 aromatic heterocycles. The number of ether oxygens (including phenoxy) is 2. The Balaban J connectivity index is 1.57. The minimum Gasteiger partial charge on any atom is -0.487 e. The second-order valence-corrected chi connectivity index (χ2v) is 13.2. The van der Waals surface area contributed by atoms with Crippen LogP contribution in [0.4, 0.5) is 4.39 Å². The van der Waals surface area contributed by atoms with E-state index < -0.39 is 17.8 Å². The summed E-state index contributed by atoms with van der Waals surface area (Å²) in [4.78, 5) is 33.2. The number of benzene rings is 4. The molecule has 0 saturated heterocycles. The van der Waals surface area contributed by atoms with E-state index in [-0.39, 0.29) is 17.7 Å². The fourth-order valence-corrected chi connectivity index (χ4v) is 7.81. The lowest BCUT2D eigenvalue weighted by molar-refractivity contribution is -0.138. The molecule has 226 valence electrons. The minimum atomic E-state index is -0.894. The highest BCUT2D eigenvalue weighted by Crippen LogP contribution is 2.35. The topological polar surface area (TPSA) is 69.9 Å². The van der Waals surface area contributed by atoms with Crippen LogP contribution in [0.25, 0.3) is 11.8 Å². The summed E-state index contributed by atoms with van der Waals surface area (Å²) >= 11 is 7.02. The van der Waals surface area contributed by atoms with E-state index >= 15 is 0 Å². The molecule has 0 unspecified atom stereocenters. The molecule has 0 fully saturated rings. The molecule has 0 radical (unpaired) electrons. The minimum absolute atomic E-state index is 0.137. The van der Waals surface area contributed by atoms with Crippen molar-refractivity contribution in [3.63, 3.8) is 0 Å². The number of rotatable bonds is 8. The molecule has 1 atom stereocenters. The van der Waals surface area contributed by atoms with Crippen LogP contribution in [-0.2, 0) is 16.1 Å². The van der Waals surface area contributed by atoms with Crippen molar-refractivity contribution in [2.24, 2.45) is 4.99 Å². The molecular weight excluding hydrogens is 770 g/mol. The molecular formula is C35H25BrFIN2O4S. The van der Waals surface area contributed by atoms with E-state index in [0.29, 0.717) is 44.1 Å². The van der Waals surface area contributed by atoms with Crippen LogP contribution in [0.5, 0.6) is 5.75 Å². The van der Waals surface area contributed by atoms with E-state index in [9.17, 15) is 14.0 Å². The van der Waals surface area contributed by atoms with E-state index in [1.807, 2.05) is 72.8 Å². The van der Waals surface area contributed by atoms with Crippen molar-refractivity contribution in [3.05, 3.63) is 158 Å². The lowest BCUT2D eigenvalue weighted by Crippen LogP contribution is -2.40. The van der Waals surface area contributed by atoms with Crippen LogP contribution in [-0.4, -0.2) is 17.1 Å². The molecule has 0 bridgehead atoms. The zero-order valence-electron chi connectivity index (χ0n) is 23.9. The smallest absolute Gasteiger partial charge is 0.338 e. The largest absolute Gasteiger partial charge is 0.487 e. The van der Waals surface area contributed by atoms with Gasteiger partial charge in [-0.15, -0.1) is 0 Å². The van der Waals surface area contributed by atoms with E-state index in [1.165, 1.54) is 28.0 Å². The first-order valence-corrected chi connectivity index (χ1v) is 16.7. The zero-order valence-corrected chi connectivity index (χ0v) is 28.4. The molecule has 0 aliphatic carbocycles. The fraction of sp³-hybridized carbons (Fsp3) is 0.114. The van der Waals surface area contributed by atoms with Crippen molar-refractivity contribution in [3.8, 4) is 5.75 Å². The van der Waals surface area contributed by atoms with Crippen molar-refractivity contribution in [1.82, 2.24) is 4.57 Å². The molecule has 0 saturated carbocycles. The van der Waals surface area contributed by atoms with Gasteiger partial charge in [-0.3, -0.25) is 9.36 Å². The highest BCUT2D eigenvalue weighted by Gasteiger charge is 2.35. The van der Waals surface area contributed by atoms with Crippen LogP contribution in [0.15, 0.2) is 117 Å². The van der Waals surface area contributed by atoms with E-state index in [1.54, 1.807) is 25.1 Å². The van der Waals surface area contributed by atoms with Crippen LogP contribution in [0.2, 0.25) is 0 Å². The van der Waals surface area contributed by atoms with E-state index in [0.717, 1.165) is 13.6 Å². The summed E-state index contributed by atoms with van der Waals surface area (Å²) in [5, 5.41) is 0. The predicted molar refractivity (Wildman–Crippen MR) is 185 cm³/mol. The second kappa shape index (κ2) is 13.6. The highest BCUT2D eigenvalue weighted by molar-refractivity contribution is 14.1. The van der Waals surface area contributed by atoms with Crippen LogP contribution < -0.4 is 19.6 Å². The van der Waals surface area contributed by atoms with Gasteiger partial charge in [-0.25, -0.2) is 14.2 Å². The summed E-state index contributed by atoms with van der Waals surface area (Å²) in [6, 6.07) is 27.9. The van der Waals surface area contributed by atoms with Gasteiger partial charge in [0.1, 0.15) is 18.2 Å². The first-order chi connectivity index (χ1) is 21.8. The Labute approximate surface area is 284 Å². The van der Waals surface area contributed by atoms with Gasteiger partial charge in [-0.2, -0.15) is 0 Å². The molecule has 5 aromatic rings. The lowest BCUT2D eigenvalue weighted by atomic mass is 9.93.